The number of fused-ring (bicyclic) bond motifs is 6. The van der Waals surface area contributed by atoms with E-state index in [2.05, 4.69) is 63.7 Å². The maximum absolute atomic E-state index is 10.3. The predicted octanol–water partition coefficient (Wildman–Crippen LogP) is 9.94. The molecule has 17 nitrogen and oxygen atoms in total. The summed E-state index contributed by atoms with van der Waals surface area (Å²) in [4.78, 5) is 10.9. The normalized spacial score (nSPS) is 15.1. The van der Waals surface area contributed by atoms with E-state index in [1.54, 1.807) is 21.3 Å². The molecule has 0 amide bonds. The van der Waals surface area contributed by atoms with E-state index in [1.165, 1.54) is 5.39 Å². The first-order chi connectivity index (χ1) is 39.7. The molecule has 11 rings (SSSR count). The van der Waals surface area contributed by atoms with E-state index in [1.807, 2.05) is 132 Å². The molecule has 0 radical (unpaired) electrons. The van der Waals surface area contributed by atoms with Crippen molar-refractivity contribution in [1.82, 2.24) is 25.1 Å². The first-order valence-corrected chi connectivity index (χ1v) is 27.0. The van der Waals surface area contributed by atoms with Gasteiger partial charge in [-0.15, -0.1) is 0 Å². The van der Waals surface area contributed by atoms with Crippen LogP contribution < -0.4 is 43.2 Å². The van der Waals surface area contributed by atoms with E-state index in [-0.39, 0.29) is 25.4 Å². The second-order valence-electron chi connectivity index (χ2n) is 19.0. The van der Waals surface area contributed by atoms with Crippen molar-refractivity contribution in [3.8, 4) is 46.0 Å². The Kier molecular flexibility index (Phi) is 19.9. The summed E-state index contributed by atoms with van der Waals surface area (Å²) in [6.07, 6.45) is -0.900. The number of aromatic nitrogens is 2. The number of nitrogens with zero attached hydrogens (tertiary/aromatic N) is 2. The van der Waals surface area contributed by atoms with Gasteiger partial charge in [0.05, 0.1) is 65.1 Å². The quantitative estimate of drug-likeness (QED) is 0.0360. The topological polar surface area (TPSA) is 183 Å². The van der Waals surface area contributed by atoms with Crippen molar-refractivity contribution in [2.24, 2.45) is 0 Å². The maximum atomic E-state index is 10.3. The number of para-hydroxylation sites is 10. The van der Waals surface area contributed by atoms with Crippen LogP contribution in [0.3, 0.4) is 0 Å². The molecule has 81 heavy (non-hydrogen) atoms. The van der Waals surface area contributed by atoms with Crippen LogP contribution in [0.1, 0.15) is 0 Å². The largest absolute Gasteiger partial charge is 0.493 e. The van der Waals surface area contributed by atoms with E-state index in [9.17, 15) is 5.11 Å². The molecule has 3 unspecified atom stereocenters. The average molecular weight is 1100 g/mol. The molecular formula is C64H71N5O12. The number of hydrogen-bond acceptors (Lipinski definition) is 15. The number of benzene rings is 7. The number of aliphatic hydroxyl groups excluding tert-OH is 2. The number of methoxy groups -OCH3 is 3. The number of H-pyrrole nitrogens is 2. The molecule has 2 aromatic heterocycles. The van der Waals surface area contributed by atoms with Gasteiger partial charge in [0, 0.05) is 45.7 Å². The summed E-state index contributed by atoms with van der Waals surface area (Å²) in [5.41, 5.74) is 4.13. The van der Waals surface area contributed by atoms with E-state index in [4.69, 9.17) is 52.5 Å². The lowest BCUT2D eigenvalue weighted by molar-refractivity contribution is 0.0971. The zero-order valence-corrected chi connectivity index (χ0v) is 46.0. The molecule has 5 N–H and O–H groups in total. The van der Waals surface area contributed by atoms with Gasteiger partial charge in [-0.25, -0.2) is 0 Å². The third kappa shape index (κ3) is 14.7. The van der Waals surface area contributed by atoms with Crippen molar-refractivity contribution < 1.29 is 57.6 Å². The van der Waals surface area contributed by atoms with Crippen molar-refractivity contribution in [2.75, 3.05) is 100 Å². The summed E-state index contributed by atoms with van der Waals surface area (Å²) < 4.78 is 56.4. The van der Waals surface area contributed by atoms with Gasteiger partial charge in [0.1, 0.15) is 56.7 Å². The third-order valence-corrected chi connectivity index (χ3v) is 13.6. The van der Waals surface area contributed by atoms with Crippen molar-refractivity contribution in [1.29, 1.82) is 0 Å². The molecule has 3 atom stereocenters. The Morgan fingerprint density at radius 1 is 0.506 bits per heavy atom. The van der Waals surface area contributed by atoms with Crippen LogP contribution in [0.15, 0.2) is 183 Å². The van der Waals surface area contributed by atoms with Crippen LogP contribution in [-0.2, 0) is 9.47 Å². The fourth-order valence-corrected chi connectivity index (χ4v) is 9.53. The lowest BCUT2D eigenvalue weighted by Gasteiger charge is -2.17. The summed E-state index contributed by atoms with van der Waals surface area (Å²) in [5.74, 6) is 7.09. The van der Waals surface area contributed by atoms with Crippen molar-refractivity contribution in [3.63, 3.8) is 0 Å². The molecule has 0 saturated carbocycles. The summed E-state index contributed by atoms with van der Waals surface area (Å²) in [6, 6.07) is 51.2. The van der Waals surface area contributed by atoms with E-state index in [0.29, 0.717) is 94.7 Å². The van der Waals surface area contributed by atoms with Gasteiger partial charge in [-0.2, -0.15) is 0 Å². The fraction of sp³-hybridized carbons (Fsp3) is 0.281. The molecule has 0 bridgehead atoms. The van der Waals surface area contributed by atoms with Gasteiger partial charge in [0.25, 0.3) is 0 Å². The molecule has 0 spiro atoms. The zero-order valence-electron chi connectivity index (χ0n) is 46.0. The van der Waals surface area contributed by atoms with Crippen LogP contribution in [0.5, 0.6) is 46.0 Å². The highest BCUT2D eigenvalue weighted by atomic mass is 16.6. The standard InChI is InChI=1S/C26H26N2O4.C24H26N2O4.C14H19NO4/c1-18-28(14-15-30-24-12-6-5-11-23(24)29-2)16-19(32-18)17-31-25-13-7-9-21-20-8-3-4-10-22(20)27-26(21)25;1-28-21-10-4-5-11-22(21)29-14-13-25-15-17(27)16-30-23-12-6-8-19-18-7-2-3-9-20(18)26-24(19)23;1-11-15(9-12(10-16)19-11)7-8-18-14-6-4-3-5-13(14)17-2/h3-13,19,27H,1,14-17H2,2H3;2-12,17,25-27H,13-16H2,1H3;3-6,12,16H,1,7-10H2,2H3. The van der Waals surface area contributed by atoms with Crippen LogP contribution in [0.25, 0.3) is 43.6 Å². The minimum Gasteiger partial charge on any atom is -0.493 e. The maximum Gasteiger partial charge on any atom is 0.182 e. The van der Waals surface area contributed by atoms with E-state index in [0.717, 1.165) is 67.0 Å². The highest BCUT2D eigenvalue weighted by molar-refractivity contribution is 6.10. The van der Waals surface area contributed by atoms with Crippen LogP contribution in [0.2, 0.25) is 0 Å². The van der Waals surface area contributed by atoms with Crippen LogP contribution in [0, 0.1) is 0 Å². The molecule has 9 aromatic rings. The van der Waals surface area contributed by atoms with Gasteiger partial charge in [-0.05, 0) is 73.8 Å². The zero-order chi connectivity index (χ0) is 56.3. The number of ether oxygens (including phenoxy) is 10. The molecule has 2 aliphatic rings. The monoisotopic (exact) mass is 1100 g/mol. The van der Waals surface area contributed by atoms with Gasteiger partial charge in [-0.3, -0.25) is 0 Å². The number of rotatable bonds is 24. The molecule has 7 aromatic carbocycles. The number of nitrogens with one attached hydrogen (secondary N) is 3. The Bertz CT molecular complexity index is 3470. The van der Waals surface area contributed by atoms with Gasteiger partial charge >= 0.3 is 0 Å². The van der Waals surface area contributed by atoms with Crippen molar-refractivity contribution in [2.45, 2.75) is 18.3 Å². The summed E-state index contributed by atoms with van der Waals surface area (Å²) >= 11 is 0. The summed E-state index contributed by atoms with van der Waals surface area (Å²) in [7, 11) is 4.87. The lowest BCUT2D eigenvalue weighted by atomic mass is 10.1. The molecule has 17 heteroatoms. The first-order valence-electron chi connectivity index (χ1n) is 27.0. The molecule has 2 fully saturated rings. The molecular weight excluding hydrogens is 1030 g/mol. The second-order valence-corrected chi connectivity index (χ2v) is 19.0. The number of hydrogen-bond donors (Lipinski definition) is 5. The summed E-state index contributed by atoms with van der Waals surface area (Å²) in [5, 5.41) is 27.1. The highest BCUT2D eigenvalue weighted by Gasteiger charge is 2.28. The number of aromatic amines is 2. The molecule has 4 heterocycles. The minimum absolute atomic E-state index is 0.00286. The Morgan fingerprint density at radius 3 is 1.40 bits per heavy atom. The molecule has 2 saturated heterocycles. The second kappa shape index (κ2) is 28.3. The Labute approximate surface area is 471 Å². The predicted molar refractivity (Wildman–Crippen MR) is 315 cm³/mol. The molecule has 424 valence electrons. The highest BCUT2D eigenvalue weighted by Crippen LogP contribution is 2.34. The first kappa shape index (κ1) is 56.8. The van der Waals surface area contributed by atoms with Crippen LogP contribution >= 0.6 is 0 Å². The smallest absolute Gasteiger partial charge is 0.182 e. The average Bonchev–Trinajstić information content (AvgIpc) is 4.39. The van der Waals surface area contributed by atoms with E-state index >= 15 is 0 Å². The Balaban J connectivity index is 0.000000152. The minimum atomic E-state index is -0.629. The fourth-order valence-electron chi connectivity index (χ4n) is 9.53. The number of aliphatic hydroxyl groups is 2. The van der Waals surface area contributed by atoms with Gasteiger partial charge in [0.2, 0.25) is 0 Å². The summed E-state index contributed by atoms with van der Waals surface area (Å²) in [6.45, 7) is 13.7. The molecule has 2 aliphatic heterocycles. The van der Waals surface area contributed by atoms with Gasteiger partial charge in [0.15, 0.2) is 52.4 Å². The van der Waals surface area contributed by atoms with Gasteiger partial charge < -0.3 is 82.7 Å². The SMILES string of the molecule is C=C1OC(CO)CN1CCOc1ccccc1OC.C=C1OC(COc2cccc3c2[nH]c2ccccc23)CN1CCOc1ccccc1OC.COc1ccccc1OCCNCC(O)COc1cccc2c1[nH]c1ccccc12. The third-order valence-electron chi connectivity index (χ3n) is 13.6. The molecule has 0 aliphatic carbocycles. The van der Waals surface area contributed by atoms with Crippen molar-refractivity contribution in [3.05, 3.63) is 183 Å². The Hall–Kier alpha value is -8.90. The lowest BCUT2D eigenvalue weighted by Crippen LogP contribution is -2.33. The van der Waals surface area contributed by atoms with E-state index < -0.39 is 6.10 Å². The van der Waals surface area contributed by atoms with Crippen LogP contribution in [0.4, 0.5) is 0 Å². The van der Waals surface area contributed by atoms with Gasteiger partial charge in [-0.1, -0.05) is 97.1 Å². The van der Waals surface area contributed by atoms with Crippen molar-refractivity contribution >= 4 is 43.6 Å². The Morgan fingerprint density at radius 2 is 0.914 bits per heavy atom. The van der Waals surface area contributed by atoms with Crippen LogP contribution in [-0.4, -0.2) is 149 Å².